The molecule has 0 unspecified atom stereocenters. The van der Waals surface area contributed by atoms with Crippen molar-refractivity contribution in [2.45, 2.75) is 12.8 Å². The molecule has 3 N–H and O–H groups in total. The van der Waals surface area contributed by atoms with Crippen molar-refractivity contribution in [1.29, 1.82) is 0 Å². The molecule has 1 aliphatic rings. The molecule has 0 atom stereocenters. The van der Waals surface area contributed by atoms with E-state index in [9.17, 15) is 4.79 Å². The van der Waals surface area contributed by atoms with Crippen LogP contribution in [0.4, 0.5) is 5.69 Å². The van der Waals surface area contributed by atoms with Gasteiger partial charge < -0.3 is 15.6 Å². The fourth-order valence-electron chi connectivity index (χ4n) is 2.05. The molecule has 3 rings (SSSR count). The van der Waals surface area contributed by atoms with Gasteiger partial charge in [0, 0.05) is 22.8 Å². The van der Waals surface area contributed by atoms with Crippen molar-refractivity contribution >= 4 is 22.5 Å². The third-order valence-electron chi connectivity index (χ3n) is 3.25. The van der Waals surface area contributed by atoms with E-state index in [0.717, 1.165) is 29.1 Å². The monoisotopic (exact) mass is 243 g/mol. The molecule has 0 aliphatic heterocycles. The third-order valence-corrected chi connectivity index (χ3v) is 3.25. The van der Waals surface area contributed by atoms with E-state index >= 15 is 0 Å². The van der Waals surface area contributed by atoms with Crippen LogP contribution in [0.25, 0.3) is 10.9 Å². The number of H-pyrrole nitrogens is 1. The van der Waals surface area contributed by atoms with Gasteiger partial charge in [-0.2, -0.15) is 0 Å². The minimum Gasteiger partial charge on any atom is -0.361 e. The average molecular weight is 243 g/mol. The van der Waals surface area contributed by atoms with Crippen molar-refractivity contribution in [3.8, 4) is 0 Å². The van der Waals surface area contributed by atoms with Crippen molar-refractivity contribution in [2.24, 2.45) is 5.92 Å². The van der Waals surface area contributed by atoms with Gasteiger partial charge in [0.1, 0.15) is 0 Å². The quantitative estimate of drug-likeness (QED) is 0.753. The number of fused-ring (bicyclic) bond motifs is 1. The number of rotatable bonds is 5. The Morgan fingerprint density at radius 3 is 3.06 bits per heavy atom. The first-order chi connectivity index (χ1) is 8.81. The van der Waals surface area contributed by atoms with E-state index in [1.807, 2.05) is 30.5 Å². The minimum absolute atomic E-state index is 0.0190. The van der Waals surface area contributed by atoms with Gasteiger partial charge in [-0.1, -0.05) is 0 Å². The van der Waals surface area contributed by atoms with Crippen LogP contribution >= 0.6 is 0 Å². The maximum atomic E-state index is 11.7. The van der Waals surface area contributed by atoms with E-state index in [4.69, 9.17) is 0 Å². The topological polar surface area (TPSA) is 56.9 Å². The van der Waals surface area contributed by atoms with E-state index in [1.165, 1.54) is 12.8 Å². The highest BCUT2D eigenvalue weighted by molar-refractivity contribution is 5.94. The summed E-state index contributed by atoms with van der Waals surface area (Å²) in [5.74, 6) is 0.819. The van der Waals surface area contributed by atoms with E-state index < -0.39 is 0 Å². The summed E-state index contributed by atoms with van der Waals surface area (Å²) in [6, 6.07) is 7.86. The van der Waals surface area contributed by atoms with E-state index in [2.05, 4.69) is 15.6 Å². The van der Waals surface area contributed by atoms with Gasteiger partial charge in [-0.05, 0) is 49.6 Å². The number of carbonyl (C=O) groups is 1. The smallest absolute Gasteiger partial charge is 0.238 e. The Kier molecular flexibility index (Phi) is 3.02. The molecule has 0 bridgehead atoms. The van der Waals surface area contributed by atoms with Crippen molar-refractivity contribution in [3.63, 3.8) is 0 Å². The van der Waals surface area contributed by atoms with Gasteiger partial charge in [-0.25, -0.2) is 0 Å². The second-order valence-corrected chi connectivity index (χ2v) is 4.90. The molecule has 0 spiro atoms. The van der Waals surface area contributed by atoms with Crippen LogP contribution in [0.1, 0.15) is 12.8 Å². The zero-order valence-corrected chi connectivity index (χ0v) is 10.2. The van der Waals surface area contributed by atoms with Crippen molar-refractivity contribution in [2.75, 3.05) is 18.4 Å². The molecule has 1 aromatic carbocycles. The van der Waals surface area contributed by atoms with Crippen LogP contribution in [-0.4, -0.2) is 24.0 Å². The Morgan fingerprint density at radius 1 is 1.33 bits per heavy atom. The second kappa shape index (κ2) is 4.82. The summed E-state index contributed by atoms with van der Waals surface area (Å²) in [4.78, 5) is 14.8. The molecule has 1 aromatic heterocycles. The highest BCUT2D eigenvalue weighted by Crippen LogP contribution is 2.27. The Bertz CT molecular complexity index is 557. The molecule has 1 saturated carbocycles. The first-order valence-electron chi connectivity index (χ1n) is 6.39. The predicted octanol–water partition coefficient (Wildman–Crippen LogP) is 2.11. The molecule has 1 heterocycles. The molecular formula is C14H17N3O. The summed E-state index contributed by atoms with van der Waals surface area (Å²) in [5.41, 5.74) is 1.93. The fourth-order valence-corrected chi connectivity index (χ4v) is 2.05. The lowest BCUT2D eigenvalue weighted by molar-refractivity contribution is -0.115. The molecule has 1 amide bonds. The highest BCUT2D eigenvalue weighted by Gasteiger charge is 2.20. The average Bonchev–Trinajstić information content (AvgIpc) is 3.06. The number of nitrogens with one attached hydrogen (secondary N) is 3. The molecule has 0 saturated heterocycles. The van der Waals surface area contributed by atoms with Crippen LogP contribution in [0.15, 0.2) is 30.5 Å². The van der Waals surface area contributed by atoms with Crippen molar-refractivity contribution < 1.29 is 4.79 Å². The van der Waals surface area contributed by atoms with Crippen LogP contribution in [0, 0.1) is 5.92 Å². The molecule has 1 aliphatic carbocycles. The van der Waals surface area contributed by atoms with Gasteiger partial charge in [0.05, 0.1) is 6.54 Å². The lowest BCUT2D eigenvalue weighted by atomic mass is 10.2. The summed E-state index contributed by atoms with van der Waals surface area (Å²) in [5, 5.41) is 7.19. The van der Waals surface area contributed by atoms with Crippen LogP contribution in [0.2, 0.25) is 0 Å². The summed E-state index contributed by atoms with van der Waals surface area (Å²) in [6.45, 7) is 1.35. The maximum absolute atomic E-state index is 11.7. The lowest BCUT2D eigenvalue weighted by Crippen LogP contribution is -2.29. The number of amides is 1. The molecule has 4 heteroatoms. The van der Waals surface area contributed by atoms with Crippen LogP contribution in [0.3, 0.4) is 0 Å². The van der Waals surface area contributed by atoms with E-state index in [0.29, 0.717) is 6.54 Å². The van der Waals surface area contributed by atoms with Crippen molar-refractivity contribution in [1.82, 2.24) is 10.3 Å². The second-order valence-electron chi connectivity index (χ2n) is 4.90. The van der Waals surface area contributed by atoms with Gasteiger partial charge in [0.15, 0.2) is 0 Å². The van der Waals surface area contributed by atoms with Gasteiger partial charge in [-0.15, -0.1) is 0 Å². The minimum atomic E-state index is 0.0190. The number of anilines is 1. The van der Waals surface area contributed by atoms with Crippen molar-refractivity contribution in [3.05, 3.63) is 30.5 Å². The molecule has 2 aromatic rings. The number of carbonyl (C=O) groups excluding carboxylic acids is 1. The lowest BCUT2D eigenvalue weighted by Gasteiger charge is -2.06. The Balaban J connectivity index is 1.55. The predicted molar refractivity (Wildman–Crippen MR) is 72.5 cm³/mol. The SMILES string of the molecule is O=C(CNCC1CC1)Nc1ccc2[nH]ccc2c1. The van der Waals surface area contributed by atoms with Gasteiger partial charge >= 0.3 is 0 Å². The first-order valence-corrected chi connectivity index (χ1v) is 6.39. The molecule has 94 valence electrons. The normalized spacial score (nSPS) is 14.9. The van der Waals surface area contributed by atoms with E-state index in [1.54, 1.807) is 0 Å². The number of hydrogen-bond acceptors (Lipinski definition) is 2. The largest absolute Gasteiger partial charge is 0.361 e. The molecular weight excluding hydrogens is 226 g/mol. The molecule has 1 fully saturated rings. The highest BCUT2D eigenvalue weighted by atomic mass is 16.1. The zero-order chi connectivity index (χ0) is 12.4. The van der Waals surface area contributed by atoms with Gasteiger partial charge in [0.2, 0.25) is 5.91 Å². The van der Waals surface area contributed by atoms with Crippen LogP contribution in [-0.2, 0) is 4.79 Å². The fraction of sp³-hybridized carbons (Fsp3) is 0.357. The number of aromatic amines is 1. The van der Waals surface area contributed by atoms with E-state index in [-0.39, 0.29) is 5.91 Å². The number of aromatic nitrogens is 1. The number of benzene rings is 1. The molecule has 4 nitrogen and oxygen atoms in total. The van der Waals surface area contributed by atoms with Crippen LogP contribution < -0.4 is 10.6 Å². The standard InChI is InChI=1S/C14H17N3O/c18-14(9-15-8-10-1-2-10)17-12-3-4-13-11(7-12)5-6-16-13/h3-7,10,15-16H,1-2,8-9H2,(H,17,18). The summed E-state index contributed by atoms with van der Waals surface area (Å²) in [6.07, 6.45) is 4.50. The summed E-state index contributed by atoms with van der Waals surface area (Å²) < 4.78 is 0. The van der Waals surface area contributed by atoms with Crippen LogP contribution in [0.5, 0.6) is 0 Å². The first kappa shape index (κ1) is 11.3. The van der Waals surface area contributed by atoms with Gasteiger partial charge in [-0.3, -0.25) is 4.79 Å². The Hall–Kier alpha value is -1.81. The number of hydrogen-bond donors (Lipinski definition) is 3. The zero-order valence-electron chi connectivity index (χ0n) is 10.2. The maximum Gasteiger partial charge on any atom is 0.238 e. The third kappa shape index (κ3) is 2.71. The van der Waals surface area contributed by atoms with Gasteiger partial charge in [0.25, 0.3) is 0 Å². The summed E-state index contributed by atoms with van der Waals surface area (Å²) >= 11 is 0. The summed E-state index contributed by atoms with van der Waals surface area (Å²) in [7, 11) is 0. The molecule has 18 heavy (non-hydrogen) atoms. The Labute approximate surface area is 106 Å². The molecule has 0 radical (unpaired) electrons. The Morgan fingerprint density at radius 2 is 2.22 bits per heavy atom.